The van der Waals surface area contributed by atoms with Gasteiger partial charge in [-0.3, -0.25) is 4.79 Å². The molecule has 4 nitrogen and oxygen atoms in total. The van der Waals surface area contributed by atoms with Gasteiger partial charge in [0.2, 0.25) is 5.91 Å². The highest BCUT2D eigenvalue weighted by Crippen LogP contribution is 2.28. The lowest BCUT2D eigenvalue weighted by atomic mass is 9.79. The van der Waals surface area contributed by atoms with Gasteiger partial charge in [0.25, 0.3) is 0 Å². The summed E-state index contributed by atoms with van der Waals surface area (Å²) in [4.78, 5) is 12.3. The molecule has 0 aliphatic carbocycles. The van der Waals surface area contributed by atoms with Gasteiger partial charge in [-0.25, -0.2) is 0 Å². The van der Waals surface area contributed by atoms with Crippen LogP contribution in [-0.2, 0) is 9.53 Å². The molecule has 0 saturated carbocycles. The molecule has 20 heavy (non-hydrogen) atoms. The first-order valence-electron chi connectivity index (χ1n) is 7.16. The number of nitrogens with one attached hydrogen (secondary N) is 2. The fourth-order valence-corrected chi connectivity index (χ4v) is 3.49. The maximum atomic E-state index is 12.3. The van der Waals surface area contributed by atoms with Crippen LogP contribution in [0.25, 0.3) is 0 Å². The van der Waals surface area contributed by atoms with Crippen molar-refractivity contribution in [2.75, 3.05) is 33.4 Å². The zero-order chi connectivity index (χ0) is 14.4. The standard InChI is InChI=1S/C15H24N2O2S/c1-12(13-3-8-20-9-13)14(18)17-10-15(11-19-2)4-6-16-7-5-15/h3,8-9,12,16H,4-7,10-11H2,1-2H3,(H,17,18). The fraction of sp³-hybridized carbons (Fsp3) is 0.667. The largest absolute Gasteiger partial charge is 0.384 e. The van der Waals surface area contributed by atoms with Crippen molar-refractivity contribution < 1.29 is 9.53 Å². The molecule has 5 heteroatoms. The third kappa shape index (κ3) is 3.81. The van der Waals surface area contributed by atoms with Gasteiger partial charge in [-0.15, -0.1) is 0 Å². The summed E-state index contributed by atoms with van der Waals surface area (Å²) in [5, 5.41) is 10.5. The molecule has 1 atom stereocenters. The van der Waals surface area contributed by atoms with E-state index in [0.29, 0.717) is 13.2 Å². The highest BCUT2D eigenvalue weighted by molar-refractivity contribution is 7.08. The first-order chi connectivity index (χ1) is 9.67. The molecule has 112 valence electrons. The van der Waals surface area contributed by atoms with Crippen LogP contribution in [0.5, 0.6) is 0 Å². The minimum absolute atomic E-state index is 0.0810. The van der Waals surface area contributed by atoms with Crippen molar-refractivity contribution >= 4 is 17.2 Å². The van der Waals surface area contributed by atoms with Gasteiger partial charge >= 0.3 is 0 Å². The molecule has 0 spiro atoms. The summed E-state index contributed by atoms with van der Waals surface area (Å²) in [5.41, 5.74) is 1.18. The molecule has 1 amide bonds. The van der Waals surface area contributed by atoms with Crippen molar-refractivity contribution in [1.82, 2.24) is 10.6 Å². The van der Waals surface area contributed by atoms with Crippen LogP contribution in [-0.4, -0.2) is 39.3 Å². The van der Waals surface area contributed by atoms with Gasteiger partial charge in [-0.2, -0.15) is 11.3 Å². The molecule has 1 fully saturated rings. The molecule has 0 radical (unpaired) electrons. The molecule has 1 unspecified atom stereocenters. The van der Waals surface area contributed by atoms with Crippen LogP contribution in [0.4, 0.5) is 0 Å². The number of carbonyl (C=O) groups is 1. The summed E-state index contributed by atoms with van der Waals surface area (Å²) in [5.74, 6) is 0.0278. The normalized spacial score (nSPS) is 19.5. The first-order valence-corrected chi connectivity index (χ1v) is 8.11. The number of hydrogen-bond donors (Lipinski definition) is 2. The topological polar surface area (TPSA) is 50.4 Å². The number of methoxy groups -OCH3 is 1. The molecule has 1 aliphatic rings. The summed E-state index contributed by atoms with van der Waals surface area (Å²) < 4.78 is 5.37. The molecule has 2 rings (SSSR count). The van der Waals surface area contributed by atoms with Gasteiger partial charge in [0.1, 0.15) is 0 Å². The predicted molar refractivity (Wildman–Crippen MR) is 82.2 cm³/mol. The molecule has 1 aromatic rings. The maximum absolute atomic E-state index is 12.3. The Morgan fingerprint density at radius 1 is 1.55 bits per heavy atom. The molecule has 0 bridgehead atoms. The van der Waals surface area contributed by atoms with Gasteiger partial charge < -0.3 is 15.4 Å². The summed E-state index contributed by atoms with van der Waals surface area (Å²) in [7, 11) is 1.74. The van der Waals surface area contributed by atoms with Crippen LogP contribution in [0.2, 0.25) is 0 Å². The lowest BCUT2D eigenvalue weighted by molar-refractivity contribution is -0.123. The number of ether oxygens (including phenoxy) is 1. The molecule has 1 saturated heterocycles. The van der Waals surface area contributed by atoms with Crippen molar-refractivity contribution in [2.24, 2.45) is 5.41 Å². The molecule has 1 aliphatic heterocycles. The van der Waals surface area contributed by atoms with Crippen LogP contribution in [0.3, 0.4) is 0 Å². The number of hydrogen-bond acceptors (Lipinski definition) is 4. The summed E-state index contributed by atoms with van der Waals surface area (Å²) in [6, 6.07) is 2.02. The van der Waals surface area contributed by atoms with Crippen molar-refractivity contribution in [1.29, 1.82) is 0 Å². The summed E-state index contributed by atoms with van der Waals surface area (Å²) >= 11 is 1.63. The minimum Gasteiger partial charge on any atom is -0.384 e. The quantitative estimate of drug-likeness (QED) is 0.844. The lowest BCUT2D eigenvalue weighted by Gasteiger charge is -2.37. The van der Waals surface area contributed by atoms with Crippen LogP contribution in [0.15, 0.2) is 16.8 Å². The van der Waals surface area contributed by atoms with Gasteiger partial charge in [0, 0.05) is 19.1 Å². The Labute approximate surface area is 124 Å². The summed E-state index contributed by atoms with van der Waals surface area (Å²) in [6.45, 7) is 5.37. The number of thiophene rings is 1. The second-order valence-electron chi connectivity index (χ2n) is 5.68. The van der Waals surface area contributed by atoms with E-state index in [1.807, 2.05) is 23.8 Å². The van der Waals surface area contributed by atoms with E-state index in [2.05, 4.69) is 10.6 Å². The van der Waals surface area contributed by atoms with Crippen LogP contribution < -0.4 is 10.6 Å². The number of carbonyl (C=O) groups excluding carboxylic acids is 1. The Morgan fingerprint density at radius 2 is 2.30 bits per heavy atom. The van der Waals surface area contributed by atoms with Gasteiger partial charge in [0.15, 0.2) is 0 Å². The van der Waals surface area contributed by atoms with E-state index in [1.165, 1.54) is 0 Å². The molecular formula is C15H24N2O2S. The fourth-order valence-electron chi connectivity index (χ4n) is 2.74. The van der Waals surface area contributed by atoms with E-state index >= 15 is 0 Å². The van der Waals surface area contributed by atoms with Crippen LogP contribution >= 0.6 is 11.3 Å². The highest BCUT2D eigenvalue weighted by Gasteiger charge is 2.33. The first kappa shape index (κ1) is 15.5. The van der Waals surface area contributed by atoms with E-state index in [4.69, 9.17) is 4.74 Å². The number of piperidine rings is 1. The molecule has 1 aromatic heterocycles. The average Bonchev–Trinajstić information content (AvgIpc) is 2.99. The Balaban J connectivity index is 1.90. The van der Waals surface area contributed by atoms with Gasteiger partial charge in [-0.1, -0.05) is 0 Å². The van der Waals surface area contributed by atoms with E-state index in [0.717, 1.165) is 31.5 Å². The van der Waals surface area contributed by atoms with Gasteiger partial charge in [0.05, 0.1) is 12.5 Å². The third-order valence-electron chi connectivity index (χ3n) is 4.19. The Hall–Kier alpha value is -0.910. The SMILES string of the molecule is COCC1(CNC(=O)C(C)c2ccsc2)CCNCC1. The Kier molecular flexibility index (Phi) is 5.57. The van der Waals surface area contributed by atoms with E-state index in [9.17, 15) is 4.79 Å². The summed E-state index contributed by atoms with van der Waals surface area (Å²) in [6.07, 6.45) is 2.10. The monoisotopic (exact) mass is 296 g/mol. The zero-order valence-corrected chi connectivity index (χ0v) is 13.1. The van der Waals surface area contributed by atoms with Crippen molar-refractivity contribution in [3.8, 4) is 0 Å². The van der Waals surface area contributed by atoms with Crippen LogP contribution in [0, 0.1) is 5.41 Å². The Bertz CT molecular complexity index is 408. The van der Waals surface area contributed by atoms with E-state index < -0.39 is 0 Å². The Morgan fingerprint density at radius 3 is 2.90 bits per heavy atom. The minimum atomic E-state index is -0.0810. The smallest absolute Gasteiger partial charge is 0.227 e. The zero-order valence-electron chi connectivity index (χ0n) is 12.3. The number of rotatable bonds is 6. The van der Waals surface area contributed by atoms with Crippen molar-refractivity contribution in [3.63, 3.8) is 0 Å². The number of amides is 1. The molecular weight excluding hydrogens is 272 g/mol. The van der Waals surface area contributed by atoms with Crippen molar-refractivity contribution in [2.45, 2.75) is 25.7 Å². The molecule has 2 N–H and O–H groups in total. The van der Waals surface area contributed by atoms with Crippen molar-refractivity contribution in [3.05, 3.63) is 22.4 Å². The lowest BCUT2D eigenvalue weighted by Crippen LogP contribution is -2.47. The second-order valence-corrected chi connectivity index (χ2v) is 6.46. The second kappa shape index (κ2) is 7.20. The average molecular weight is 296 g/mol. The molecule has 2 heterocycles. The maximum Gasteiger partial charge on any atom is 0.227 e. The molecule has 0 aromatic carbocycles. The predicted octanol–water partition coefficient (Wildman–Crippen LogP) is 1.98. The highest BCUT2D eigenvalue weighted by atomic mass is 32.1. The van der Waals surface area contributed by atoms with Gasteiger partial charge in [-0.05, 0) is 55.2 Å². The van der Waals surface area contributed by atoms with E-state index in [1.54, 1.807) is 18.4 Å². The van der Waals surface area contributed by atoms with Crippen LogP contribution in [0.1, 0.15) is 31.2 Å². The van der Waals surface area contributed by atoms with E-state index in [-0.39, 0.29) is 17.2 Å². The third-order valence-corrected chi connectivity index (χ3v) is 4.89.